The van der Waals surface area contributed by atoms with Crippen molar-refractivity contribution < 1.29 is 9.53 Å². The van der Waals surface area contributed by atoms with E-state index >= 15 is 0 Å². The van der Waals surface area contributed by atoms with Crippen LogP contribution in [0, 0.1) is 6.92 Å². The van der Waals surface area contributed by atoms with Crippen LogP contribution >= 0.6 is 0 Å². The van der Waals surface area contributed by atoms with Gasteiger partial charge in [0.1, 0.15) is 5.75 Å². The van der Waals surface area contributed by atoms with Crippen molar-refractivity contribution in [1.82, 2.24) is 15.1 Å². The Morgan fingerprint density at radius 1 is 1.19 bits per heavy atom. The van der Waals surface area contributed by atoms with Crippen LogP contribution in [-0.4, -0.2) is 67.1 Å². The number of rotatable bonds is 5. The molecule has 1 N–H and O–H groups in total. The Hall–Kier alpha value is -1.59. The first kappa shape index (κ1) is 19.2. The third-order valence-corrected chi connectivity index (χ3v) is 5.67. The van der Waals surface area contributed by atoms with Gasteiger partial charge in [-0.2, -0.15) is 0 Å². The molecule has 0 aliphatic carbocycles. The Morgan fingerprint density at radius 2 is 1.92 bits per heavy atom. The zero-order valence-electron chi connectivity index (χ0n) is 16.6. The van der Waals surface area contributed by atoms with E-state index in [1.54, 1.807) is 0 Å². The average molecular weight is 360 g/mol. The molecule has 144 valence electrons. The number of hydrogen-bond acceptors (Lipinski definition) is 4. The van der Waals surface area contributed by atoms with E-state index in [1.165, 1.54) is 5.56 Å². The van der Waals surface area contributed by atoms with Crippen LogP contribution in [0.1, 0.15) is 44.2 Å². The number of carbonyl (C=O) groups excluding carboxylic acids is 1. The molecule has 3 rings (SSSR count). The second-order valence-corrected chi connectivity index (χ2v) is 7.95. The van der Waals surface area contributed by atoms with E-state index in [0.717, 1.165) is 57.0 Å². The first-order valence-electron chi connectivity index (χ1n) is 9.96. The highest BCUT2D eigenvalue weighted by molar-refractivity contribution is 5.81. The minimum Gasteiger partial charge on any atom is -0.481 e. The summed E-state index contributed by atoms with van der Waals surface area (Å²) < 4.78 is 6.08. The van der Waals surface area contributed by atoms with Crippen molar-refractivity contribution in [3.8, 4) is 5.75 Å². The molecule has 2 saturated heterocycles. The number of hydrogen-bond donors (Lipinski definition) is 1. The summed E-state index contributed by atoms with van der Waals surface area (Å²) in [5.74, 6) is 1.38. The molecule has 5 nitrogen and oxygen atoms in total. The Balaban J connectivity index is 1.59. The van der Waals surface area contributed by atoms with Gasteiger partial charge in [0.15, 0.2) is 6.10 Å². The molecule has 2 aliphatic heterocycles. The normalized spacial score (nSPS) is 22.7. The van der Waals surface area contributed by atoms with Crippen molar-refractivity contribution in [2.45, 2.75) is 52.2 Å². The SMILES string of the molecule is Cc1ccc(C(C)C)cc1OC(C)C(=O)N1CCC(N2CCNCC2)C1. The van der Waals surface area contributed by atoms with Crippen molar-refractivity contribution in [3.05, 3.63) is 29.3 Å². The fraction of sp³-hybridized carbons (Fsp3) is 0.667. The molecule has 0 bridgehead atoms. The summed E-state index contributed by atoms with van der Waals surface area (Å²) in [5, 5.41) is 3.39. The van der Waals surface area contributed by atoms with Gasteiger partial charge in [-0.3, -0.25) is 9.69 Å². The van der Waals surface area contributed by atoms with E-state index in [0.29, 0.717) is 12.0 Å². The maximum atomic E-state index is 12.9. The lowest BCUT2D eigenvalue weighted by atomic mass is 10.0. The number of benzene rings is 1. The Morgan fingerprint density at radius 3 is 2.62 bits per heavy atom. The number of likely N-dealkylation sites (tertiary alicyclic amines) is 1. The Kier molecular flexibility index (Phi) is 6.20. The number of amides is 1. The molecular formula is C21H33N3O2. The molecule has 0 saturated carbocycles. The van der Waals surface area contributed by atoms with Gasteiger partial charge in [0.2, 0.25) is 0 Å². The molecule has 0 aromatic heterocycles. The smallest absolute Gasteiger partial charge is 0.263 e. The second-order valence-electron chi connectivity index (χ2n) is 7.95. The maximum Gasteiger partial charge on any atom is 0.263 e. The number of nitrogens with zero attached hydrogens (tertiary/aromatic N) is 2. The van der Waals surface area contributed by atoms with Gasteiger partial charge < -0.3 is 15.0 Å². The molecule has 5 heteroatoms. The third kappa shape index (κ3) is 4.38. The molecule has 0 radical (unpaired) electrons. The first-order chi connectivity index (χ1) is 12.5. The minimum atomic E-state index is -0.446. The molecule has 2 unspecified atom stereocenters. The monoisotopic (exact) mass is 359 g/mol. The fourth-order valence-corrected chi connectivity index (χ4v) is 3.89. The number of ether oxygens (including phenoxy) is 1. The molecular weight excluding hydrogens is 326 g/mol. The van der Waals surface area contributed by atoms with E-state index in [2.05, 4.69) is 42.3 Å². The Bertz CT molecular complexity index is 626. The highest BCUT2D eigenvalue weighted by Gasteiger charge is 2.33. The van der Waals surface area contributed by atoms with Gasteiger partial charge in [0.25, 0.3) is 5.91 Å². The lowest BCUT2D eigenvalue weighted by Crippen LogP contribution is -2.50. The Labute approximate surface area is 157 Å². The minimum absolute atomic E-state index is 0.108. The van der Waals surface area contributed by atoms with Gasteiger partial charge in [-0.25, -0.2) is 0 Å². The van der Waals surface area contributed by atoms with Crippen LogP contribution in [0.15, 0.2) is 18.2 Å². The number of nitrogens with one attached hydrogen (secondary N) is 1. The number of aryl methyl sites for hydroxylation is 1. The van der Waals surface area contributed by atoms with Crippen molar-refractivity contribution in [2.75, 3.05) is 39.3 Å². The van der Waals surface area contributed by atoms with E-state index in [-0.39, 0.29) is 5.91 Å². The maximum absolute atomic E-state index is 12.9. The van der Waals surface area contributed by atoms with Crippen LogP contribution in [-0.2, 0) is 4.79 Å². The quantitative estimate of drug-likeness (QED) is 0.877. The van der Waals surface area contributed by atoms with Crippen LogP contribution in [0.25, 0.3) is 0 Å². The van der Waals surface area contributed by atoms with Gasteiger partial charge in [-0.05, 0) is 43.4 Å². The van der Waals surface area contributed by atoms with Crippen LogP contribution in [0.4, 0.5) is 0 Å². The summed E-state index contributed by atoms with van der Waals surface area (Å²) in [6.45, 7) is 14.2. The summed E-state index contributed by atoms with van der Waals surface area (Å²) in [6, 6.07) is 6.80. The first-order valence-corrected chi connectivity index (χ1v) is 9.96. The fourth-order valence-electron chi connectivity index (χ4n) is 3.89. The lowest BCUT2D eigenvalue weighted by Gasteiger charge is -2.32. The molecule has 1 aromatic carbocycles. The number of piperazine rings is 1. The molecule has 1 aromatic rings. The summed E-state index contributed by atoms with van der Waals surface area (Å²) >= 11 is 0. The van der Waals surface area contributed by atoms with Crippen molar-refractivity contribution in [3.63, 3.8) is 0 Å². The molecule has 2 heterocycles. The second kappa shape index (κ2) is 8.40. The summed E-state index contributed by atoms with van der Waals surface area (Å²) in [7, 11) is 0. The van der Waals surface area contributed by atoms with Crippen LogP contribution < -0.4 is 10.1 Å². The molecule has 2 aliphatic rings. The standard InChI is InChI=1S/C21H33N3O2/c1-15(2)18-6-5-16(3)20(13-18)26-17(4)21(25)24-10-7-19(14-24)23-11-8-22-9-12-23/h5-6,13,15,17,19,22H,7-12,14H2,1-4H3. The van der Waals surface area contributed by atoms with E-state index in [9.17, 15) is 4.79 Å². The molecule has 26 heavy (non-hydrogen) atoms. The summed E-state index contributed by atoms with van der Waals surface area (Å²) in [4.78, 5) is 17.4. The van der Waals surface area contributed by atoms with Crippen LogP contribution in [0.3, 0.4) is 0 Å². The van der Waals surface area contributed by atoms with Gasteiger partial charge in [-0.15, -0.1) is 0 Å². The van der Waals surface area contributed by atoms with E-state index < -0.39 is 6.10 Å². The third-order valence-electron chi connectivity index (χ3n) is 5.67. The average Bonchev–Trinajstić information content (AvgIpc) is 3.13. The molecule has 0 spiro atoms. The van der Waals surface area contributed by atoms with Gasteiger partial charge in [-0.1, -0.05) is 26.0 Å². The predicted octanol–water partition coefficient (Wildman–Crippen LogP) is 2.39. The predicted molar refractivity (Wildman–Crippen MR) is 105 cm³/mol. The van der Waals surface area contributed by atoms with Crippen molar-refractivity contribution in [1.29, 1.82) is 0 Å². The highest BCUT2D eigenvalue weighted by atomic mass is 16.5. The zero-order valence-corrected chi connectivity index (χ0v) is 16.6. The van der Waals surface area contributed by atoms with E-state index in [4.69, 9.17) is 4.74 Å². The van der Waals surface area contributed by atoms with Gasteiger partial charge in [0.05, 0.1) is 0 Å². The molecule has 2 fully saturated rings. The summed E-state index contributed by atoms with van der Waals surface area (Å²) in [6.07, 6.45) is 0.623. The largest absolute Gasteiger partial charge is 0.481 e. The molecule has 2 atom stereocenters. The topological polar surface area (TPSA) is 44.8 Å². The number of carbonyl (C=O) groups is 1. The lowest BCUT2D eigenvalue weighted by molar-refractivity contribution is -0.137. The zero-order chi connectivity index (χ0) is 18.7. The highest BCUT2D eigenvalue weighted by Crippen LogP contribution is 2.26. The van der Waals surface area contributed by atoms with E-state index in [1.807, 2.05) is 18.7 Å². The summed E-state index contributed by atoms with van der Waals surface area (Å²) in [5.41, 5.74) is 2.32. The van der Waals surface area contributed by atoms with Crippen LogP contribution in [0.2, 0.25) is 0 Å². The van der Waals surface area contributed by atoms with Gasteiger partial charge >= 0.3 is 0 Å². The van der Waals surface area contributed by atoms with Crippen LogP contribution in [0.5, 0.6) is 5.75 Å². The van der Waals surface area contributed by atoms with Crippen molar-refractivity contribution >= 4 is 5.91 Å². The van der Waals surface area contributed by atoms with Gasteiger partial charge in [0, 0.05) is 45.3 Å². The van der Waals surface area contributed by atoms with Crippen molar-refractivity contribution in [2.24, 2.45) is 0 Å². The molecule has 1 amide bonds.